The Morgan fingerprint density at radius 2 is 2.37 bits per heavy atom. The second kappa shape index (κ2) is 6.34. The highest BCUT2D eigenvalue weighted by atomic mass is 79.9. The van der Waals surface area contributed by atoms with Gasteiger partial charge in [0.05, 0.1) is 0 Å². The SMILES string of the molecule is CCN(CCNc1ncc(Br)cc1C(=O)O)C1CC1. The third-order valence-electron chi connectivity index (χ3n) is 3.25. The fourth-order valence-corrected chi connectivity index (χ4v) is 2.43. The summed E-state index contributed by atoms with van der Waals surface area (Å²) in [5, 5.41) is 12.2. The first-order valence-electron chi connectivity index (χ1n) is 6.48. The van der Waals surface area contributed by atoms with E-state index in [1.54, 1.807) is 12.3 Å². The Kier molecular flexibility index (Phi) is 4.76. The van der Waals surface area contributed by atoms with Crippen molar-refractivity contribution >= 4 is 27.7 Å². The number of likely N-dealkylation sites (N-methyl/N-ethyl adjacent to an activating group) is 1. The first kappa shape index (κ1) is 14.3. The highest BCUT2D eigenvalue weighted by molar-refractivity contribution is 9.10. The molecule has 19 heavy (non-hydrogen) atoms. The lowest BCUT2D eigenvalue weighted by molar-refractivity contribution is 0.0697. The van der Waals surface area contributed by atoms with Crippen LogP contribution in [0.4, 0.5) is 5.82 Å². The summed E-state index contributed by atoms with van der Waals surface area (Å²) in [6.07, 6.45) is 4.17. The monoisotopic (exact) mass is 327 g/mol. The molecule has 0 atom stereocenters. The zero-order valence-corrected chi connectivity index (χ0v) is 12.5. The smallest absolute Gasteiger partial charge is 0.339 e. The molecule has 1 fully saturated rings. The topological polar surface area (TPSA) is 65.5 Å². The van der Waals surface area contributed by atoms with E-state index in [0.29, 0.717) is 16.8 Å². The number of rotatable bonds is 7. The van der Waals surface area contributed by atoms with Crippen LogP contribution in [0.1, 0.15) is 30.1 Å². The van der Waals surface area contributed by atoms with Gasteiger partial charge in [0.15, 0.2) is 0 Å². The molecule has 1 aliphatic rings. The number of aromatic carboxylic acids is 1. The number of anilines is 1. The minimum atomic E-state index is -0.967. The van der Waals surface area contributed by atoms with Gasteiger partial charge in [-0.3, -0.25) is 4.90 Å². The van der Waals surface area contributed by atoms with E-state index in [-0.39, 0.29) is 5.56 Å². The van der Waals surface area contributed by atoms with Crippen LogP contribution in [0, 0.1) is 0 Å². The third kappa shape index (κ3) is 3.91. The van der Waals surface area contributed by atoms with E-state index >= 15 is 0 Å². The van der Waals surface area contributed by atoms with Crippen molar-refractivity contribution in [2.75, 3.05) is 25.0 Å². The average Bonchev–Trinajstić information content (AvgIpc) is 3.20. The zero-order valence-electron chi connectivity index (χ0n) is 10.9. The van der Waals surface area contributed by atoms with Gasteiger partial charge < -0.3 is 10.4 Å². The largest absolute Gasteiger partial charge is 0.478 e. The standard InChI is InChI=1S/C13H18BrN3O2/c1-2-17(10-3-4-10)6-5-15-12-11(13(18)19)7-9(14)8-16-12/h7-8,10H,2-6H2,1H3,(H,15,16)(H,18,19). The number of nitrogens with one attached hydrogen (secondary N) is 1. The maximum atomic E-state index is 11.1. The Balaban J connectivity index is 1.93. The summed E-state index contributed by atoms with van der Waals surface area (Å²) in [5.74, 6) is -0.534. The lowest BCUT2D eigenvalue weighted by Crippen LogP contribution is -2.31. The second-order valence-electron chi connectivity index (χ2n) is 4.64. The minimum Gasteiger partial charge on any atom is -0.478 e. The first-order valence-corrected chi connectivity index (χ1v) is 7.28. The lowest BCUT2D eigenvalue weighted by Gasteiger charge is -2.20. The highest BCUT2D eigenvalue weighted by Gasteiger charge is 2.27. The van der Waals surface area contributed by atoms with Gasteiger partial charge in [0.1, 0.15) is 11.4 Å². The van der Waals surface area contributed by atoms with Crippen LogP contribution >= 0.6 is 15.9 Å². The summed E-state index contributed by atoms with van der Waals surface area (Å²) >= 11 is 3.23. The first-order chi connectivity index (χ1) is 9.11. The van der Waals surface area contributed by atoms with E-state index < -0.39 is 5.97 Å². The van der Waals surface area contributed by atoms with Crippen molar-refractivity contribution in [3.63, 3.8) is 0 Å². The molecule has 6 heteroatoms. The molecule has 1 aliphatic carbocycles. The molecule has 0 aromatic carbocycles. The van der Waals surface area contributed by atoms with Crippen molar-refractivity contribution in [2.45, 2.75) is 25.8 Å². The summed E-state index contributed by atoms with van der Waals surface area (Å²) in [7, 11) is 0. The molecule has 2 N–H and O–H groups in total. The van der Waals surface area contributed by atoms with Gasteiger partial charge in [-0.15, -0.1) is 0 Å². The van der Waals surface area contributed by atoms with Crippen molar-refractivity contribution in [3.8, 4) is 0 Å². The molecular weight excluding hydrogens is 310 g/mol. The fourth-order valence-electron chi connectivity index (χ4n) is 2.10. The Labute approximate surface area is 121 Å². The number of halogens is 1. The van der Waals surface area contributed by atoms with Crippen LogP contribution in [-0.4, -0.2) is 46.6 Å². The number of hydrogen-bond donors (Lipinski definition) is 2. The maximum Gasteiger partial charge on any atom is 0.339 e. The van der Waals surface area contributed by atoms with Gasteiger partial charge in [0.25, 0.3) is 0 Å². The Bertz CT molecular complexity index is 463. The maximum absolute atomic E-state index is 11.1. The molecule has 1 heterocycles. The van der Waals surface area contributed by atoms with Gasteiger partial charge in [-0.25, -0.2) is 9.78 Å². The minimum absolute atomic E-state index is 0.198. The Hall–Kier alpha value is -1.14. The van der Waals surface area contributed by atoms with Crippen LogP contribution in [0.5, 0.6) is 0 Å². The molecule has 2 rings (SSSR count). The van der Waals surface area contributed by atoms with E-state index in [1.807, 2.05) is 0 Å². The molecule has 0 aliphatic heterocycles. The molecule has 0 bridgehead atoms. The molecular formula is C13H18BrN3O2. The number of nitrogens with zero attached hydrogens (tertiary/aromatic N) is 2. The molecule has 1 aromatic rings. The zero-order chi connectivity index (χ0) is 13.8. The van der Waals surface area contributed by atoms with E-state index in [0.717, 1.165) is 19.1 Å². The van der Waals surface area contributed by atoms with Crippen LogP contribution in [0.25, 0.3) is 0 Å². The number of carbonyl (C=O) groups is 1. The molecule has 0 radical (unpaired) electrons. The van der Waals surface area contributed by atoms with Crippen molar-refractivity contribution in [1.29, 1.82) is 0 Å². The molecule has 104 valence electrons. The van der Waals surface area contributed by atoms with Gasteiger partial charge in [-0.2, -0.15) is 0 Å². The molecule has 1 saturated carbocycles. The molecule has 0 unspecified atom stereocenters. The van der Waals surface area contributed by atoms with Crippen molar-refractivity contribution < 1.29 is 9.90 Å². The lowest BCUT2D eigenvalue weighted by atomic mass is 10.2. The van der Waals surface area contributed by atoms with E-state index in [2.05, 4.69) is 38.1 Å². The van der Waals surface area contributed by atoms with Gasteiger partial charge in [0, 0.05) is 29.8 Å². The van der Waals surface area contributed by atoms with E-state index in [4.69, 9.17) is 5.11 Å². The van der Waals surface area contributed by atoms with E-state index in [9.17, 15) is 4.79 Å². The number of carboxylic acids is 1. The highest BCUT2D eigenvalue weighted by Crippen LogP contribution is 2.26. The Morgan fingerprint density at radius 1 is 1.63 bits per heavy atom. The molecule has 1 aromatic heterocycles. The predicted molar refractivity (Wildman–Crippen MR) is 77.7 cm³/mol. The summed E-state index contributed by atoms with van der Waals surface area (Å²) in [5.41, 5.74) is 0.198. The Morgan fingerprint density at radius 3 is 2.95 bits per heavy atom. The quantitative estimate of drug-likeness (QED) is 0.805. The molecule has 0 spiro atoms. The van der Waals surface area contributed by atoms with Crippen LogP contribution < -0.4 is 5.32 Å². The van der Waals surface area contributed by atoms with Gasteiger partial charge in [-0.05, 0) is 41.4 Å². The third-order valence-corrected chi connectivity index (χ3v) is 3.68. The van der Waals surface area contributed by atoms with Crippen LogP contribution in [0.15, 0.2) is 16.7 Å². The molecule has 5 nitrogen and oxygen atoms in total. The van der Waals surface area contributed by atoms with Crippen molar-refractivity contribution in [2.24, 2.45) is 0 Å². The fraction of sp³-hybridized carbons (Fsp3) is 0.538. The number of aromatic nitrogens is 1. The molecule has 0 saturated heterocycles. The van der Waals surface area contributed by atoms with Crippen LogP contribution in [0.2, 0.25) is 0 Å². The number of carboxylic acid groups (broad SMARTS) is 1. The van der Waals surface area contributed by atoms with Crippen LogP contribution in [0.3, 0.4) is 0 Å². The summed E-state index contributed by atoms with van der Waals surface area (Å²) in [6.45, 7) is 4.81. The summed E-state index contributed by atoms with van der Waals surface area (Å²) in [6, 6.07) is 2.29. The van der Waals surface area contributed by atoms with Gasteiger partial charge in [-0.1, -0.05) is 6.92 Å². The van der Waals surface area contributed by atoms with Crippen molar-refractivity contribution in [1.82, 2.24) is 9.88 Å². The number of pyridine rings is 1. The summed E-state index contributed by atoms with van der Waals surface area (Å²) in [4.78, 5) is 17.7. The van der Waals surface area contributed by atoms with Crippen LogP contribution in [-0.2, 0) is 0 Å². The van der Waals surface area contributed by atoms with Gasteiger partial charge in [0.2, 0.25) is 0 Å². The molecule has 0 amide bonds. The second-order valence-corrected chi connectivity index (χ2v) is 5.56. The van der Waals surface area contributed by atoms with Gasteiger partial charge >= 0.3 is 5.97 Å². The van der Waals surface area contributed by atoms with Crippen molar-refractivity contribution in [3.05, 3.63) is 22.3 Å². The van der Waals surface area contributed by atoms with E-state index in [1.165, 1.54) is 12.8 Å². The average molecular weight is 328 g/mol. The normalized spacial score (nSPS) is 14.7. The summed E-state index contributed by atoms with van der Waals surface area (Å²) < 4.78 is 0.670. The number of hydrogen-bond acceptors (Lipinski definition) is 4. The predicted octanol–water partition coefficient (Wildman–Crippen LogP) is 2.44.